The third-order valence-corrected chi connectivity index (χ3v) is 6.12. The molecule has 1 N–H and O–H groups in total. The lowest BCUT2D eigenvalue weighted by Crippen LogP contribution is -2.37. The summed E-state index contributed by atoms with van der Waals surface area (Å²) in [5, 5.41) is 3.20. The van der Waals surface area contributed by atoms with Gasteiger partial charge >= 0.3 is 0 Å². The van der Waals surface area contributed by atoms with Gasteiger partial charge in [-0.25, -0.2) is 9.37 Å². The lowest BCUT2D eigenvalue weighted by molar-refractivity contribution is -0.123. The highest BCUT2D eigenvalue weighted by Gasteiger charge is 2.34. The zero-order valence-corrected chi connectivity index (χ0v) is 17.3. The summed E-state index contributed by atoms with van der Waals surface area (Å²) in [4.78, 5) is 41.7. The summed E-state index contributed by atoms with van der Waals surface area (Å²) < 4.78 is 13.8. The zero-order valence-electron chi connectivity index (χ0n) is 14.9. The molecule has 0 unspecified atom stereocenters. The SMILES string of the molecule is O=C(CSc1ncccc1Cl)NCCN1C(=O)S/C(=C\c2ccccc2F)C1=O. The molecule has 1 saturated heterocycles. The van der Waals surface area contributed by atoms with Gasteiger partial charge in [0, 0.05) is 24.8 Å². The molecule has 0 bridgehead atoms. The van der Waals surface area contributed by atoms with Crippen LogP contribution in [0.1, 0.15) is 5.56 Å². The first kappa shape index (κ1) is 21.4. The van der Waals surface area contributed by atoms with Crippen molar-refractivity contribution in [3.05, 3.63) is 63.9 Å². The van der Waals surface area contributed by atoms with Gasteiger partial charge in [-0.3, -0.25) is 19.3 Å². The Hall–Kier alpha value is -2.36. The Morgan fingerprint density at radius 1 is 1.28 bits per heavy atom. The highest BCUT2D eigenvalue weighted by molar-refractivity contribution is 8.18. The van der Waals surface area contributed by atoms with Crippen LogP contribution in [0.3, 0.4) is 0 Å². The number of thioether (sulfide) groups is 2. The van der Waals surface area contributed by atoms with Crippen LogP contribution in [0.15, 0.2) is 52.5 Å². The zero-order chi connectivity index (χ0) is 20.8. The third-order valence-electron chi connectivity index (χ3n) is 3.79. The monoisotopic (exact) mass is 451 g/mol. The molecular weight excluding hydrogens is 437 g/mol. The van der Waals surface area contributed by atoms with Gasteiger partial charge in [0.2, 0.25) is 5.91 Å². The average Bonchev–Trinajstić information content (AvgIpc) is 2.96. The van der Waals surface area contributed by atoms with Gasteiger partial charge < -0.3 is 5.32 Å². The van der Waals surface area contributed by atoms with Crippen LogP contribution in [0, 0.1) is 5.82 Å². The van der Waals surface area contributed by atoms with Crippen LogP contribution in [0.4, 0.5) is 9.18 Å². The molecule has 0 spiro atoms. The predicted octanol–water partition coefficient (Wildman–Crippen LogP) is 3.82. The molecule has 0 atom stereocenters. The standard InChI is InChI=1S/C19H15ClFN3O3S2/c20-13-5-3-7-23-17(13)28-11-16(25)22-8-9-24-18(26)15(29-19(24)27)10-12-4-1-2-6-14(12)21/h1-7,10H,8-9,11H2,(H,22,25)/b15-10-. The molecule has 0 aliphatic carbocycles. The van der Waals surface area contributed by atoms with Crippen LogP contribution in [-0.4, -0.2) is 45.8 Å². The number of imide groups is 1. The number of amides is 3. The molecule has 3 rings (SSSR count). The first-order valence-corrected chi connectivity index (χ1v) is 10.6. The Morgan fingerprint density at radius 2 is 2.07 bits per heavy atom. The topological polar surface area (TPSA) is 79.4 Å². The average molecular weight is 452 g/mol. The first-order chi connectivity index (χ1) is 14.0. The quantitative estimate of drug-likeness (QED) is 0.509. The van der Waals surface area contributed by atoms with E-state index in [0.29, 0.717) is 10.0 Å². The van der Waals surface area contributed by atoms with E-state index in [9.17, 15) is 18.8 Å². The number of carbonyl (C=O) groups is 3. The van der Waals surface area contributed by atoms with Gasteiger partial charge in [-0.05, 0) is 36.0 Å². The fraction of sp³-hybridized carbons (Fsp3) is 0.158. The van der Waals surface area contributed by atoms with Crippen LogP contribution >= 0.6 is 35.1 Å². The number of nitrogens with one attached hydrogen (secondary N) is 1. The maximum Gasteiger partial charge on any atom is 0.293 e. The minimum absolute atomic E-state index is 0.0278. The van der Waals surface area contributed by atoms with Crippen molar-refractivity contribution in [2.24, 2.45) is 0 Å². The lowest BCUT2D eigenvalue weighted by Gasteiger charge is -2.13. The predicted molar refractivity (Wildman–Crippen MR) is 112 cm³/mol. The van der Waals surface area contributed by atoms with E-state index in [1.54, 1.807) is 30.5 Å². The number of hydrogen-bond acceptors (Lipinski definition) is 6. The van der Waals surface area contributed by atoms with E-state index >= 15 is 0 Å². The van der Waals surface area contributed by atoms with Crippen molar-refractivity contribution < 1.29 is 18.8 Å². The highest BCUT2D eigenvalue weighted by atomic mass is 35.5. The summed E-state index contributed by atoms with van der Waals surface area (Å²) in [6.45, 7) is 0.139. The highest BCUT2D eigenvalue weighted by Crippen LogP contribution is 2.32. The summed E-state index contributed by atoms with van der Waals surface area (Å²) in [7, 11) is 0. The van der Waals surface area contributed by atoms with Crippen LogP contribution < -0.4 is 5.32 Å². The van der Waals surface area contributed by atoms with E-state index in [1.807, 2.05) is 0 Å². The smallest absolute Gasteiger partial charge is 0.293 e. The van der Waals surface area contributed by atoms with Crippen LogP contribution in [0.5, 0.6) is 0 Å². The van der Waals surface area contributed by atoms with E-state index in [1.165, 1.54) is 30.0 Å². The van der Waals surface area contributed by atoms with Crippen molar-refractivity contribution in [2.45, 2.75) is 5.03 Å². The molecular formula is C19H15ClFN3O3S2. The number of halogens is 2. The molecule has 1 fully saturated rings. The van der Waals surface area contributed by atoms with Crippen LogP contribution in [0.25, 0.3) is 6.08 Å². The number of hydrogen-bond donors (Lipinski definition) is 1. The third kappa shape index (κ3) is 5.59. The van der Waals surface area contributed by atoms with Gasteiger partial charge in [-0.15, -0.1) is 0 Å². The van der Waals surface area contributed by atoms with E-state index in [2.05, 4.69) is 10.3 Å². The number of nitrogens with zero attached hydrogens (tertiary/aromatic N) is 2. The molecule has 1 aliphatic heterocycles. The molecule has 0 saturated carbocycles. The van der Waals surface area contributed by atoms with Gasteiger partial charge in [-0.2, -0.15) is 0 Å². The number of aromatic nitrogens is 1. The summed E-state index contributed by atoms with van der Waals surface area (Å²) in [6.07, 6.45) is 2.94. The fourth-order valence-electron chi connectivity index (χ4n) is 2.40. The molecule has 2 aromatic rings. The Kier molecular flexibility index (Phi) is 7.29. The normalized spacial score (nSPS) is 15.2. The van der Waals surface area contributed by atoms with Crippen LogP contribution in [0.2, 0.25) is 5.02 Å². The molecule has 1 aromatic carbocycles. The Bertz CT molecular complexity index is 987. The van der Waals surface area contributed by atoms with Gasteiger partial charge in [0.15, 0.2) is 0 Å². The Morgan fingerprint density at radius 3 is 2.83 bits per heavy atom. The van der Waals surface area contributed by atoms with Gasteiger partial charge in [0.05, 0.1) is 15.7 Å². The molecule has 10 heteroatoms. The number of benzene rings is 1. The number of pyridine rings is 1. The number of rotatable bonds is 7. The van der Waals surface area contributed by atoms with Crippen molar-refractivity contribution in [1.82, 2.24) is 15.2 Å². The van der Waals surface area contributed by atoms with Crippen molar-refractivity contribution in [1.29, 1.82) is 0 Å². The maximum absolute atomic E-state index is 13.8. The maximum atomic E-state index is 13.8. The Labute approximate surface area is 179 Å². The summed E-state index contributed by atoms with van der Waals surface area (Å²) in [5.74, 6) is -1.15. The minimum Gasteiger partial charge on any atom is -0.354 e. The second kappa shape index (κ2) is 9.91. The molecule has 1 aliphatic rings. The van der Waals surface area contributed by atoms with Crippen LogP contribution in [-0.2, 0) is 9.59 Å². The van der Waals surface area contributed by atoms with Gasteiger partial charge in [-0.1, -0.05) is 41.6 Å². The first-order valence-electron chi connectivity index (χ1n) is 8.45. The molecule has 6 nitrogen and oxygen atoms in total. The second-order valence-electron chi connectivity index (χ2n) is 5.78. The molecule has 3 amide bonds. The summed E-state index contributed by atoms with van der Waals surface area (Å²) >= 11 is 7.92. The minimum atomic E-state index is -0.507. The summed E-state index contributed by atoms with van der Waals surface area (Å²) in [5.41, 5.74) is 0.233. The fourth-order valence-corrected chi connectivity index (χ4v) is 4.25. The Balaban J connectivity index is 1.50. The van der Waals surface area contributed by atoms with Crippen molar-refractivity contribution in [3.8, 4) is 0 Å². The lowest BCUT2D eigenvalue weighted by atomic mass is 10.2. The van der Waals surface area contributed by atoms with Crippen molar-refractivity contribution >= 4 is 58.3 Å². The molecule has 150 valence electrons. The largest absolute Gasteiger partial charge is 0.354 e. The van der Waals surface area contributed by atoms with Gasteiger partial charge in [0.1, 0.15) is 10.8 Å². The number of carbonyl (C=O) groups excluding carboxylic acids is 3. The second-order valence-corrected chi connectivity index (χ2v) is 8.15. The molecule has 0 radical (unpaired) electrons. The van der Waals surface area contributed by atoms with Gasteiger partial charge in [0.25, 0.3) is 11.1 Å². The van der Waals surface area contributed by atoms with E-state index in [4.69, 9.17) is 11.6 Å². The van der Waals surface area contributed by atoms with Crippen molar-refractivity contribution in [2.75, 3.05) is 18.8 Å². The molecule has 1 aromatic heterocycles. The van der Waals surface area contributed by atoms with E-state index < -0.39 is 17.0 Å². The van der Waals surface area contributed by atoms with E-state index in [0.717, 1.165) is 16.7 Å². The van der Waals surface area contributed by atoms with E-state index in [-0.39, 0.29) is 35.2 Å². The van der Waals surface area contributed by atoms with Crippen molar-refractivity contribution in [3.63, 3.8) is 0 Å². The molecule has 29 heavy (non-hydrogen) atoms. The summed E-state index contributed by atoms with van der Waals surface area (Å²) in [6, 6.07) is 9.37. The molecule has 2 heterocycles.